The van der Waals surface area contributed by atoms with Crippen molar-refractivity contribution in [1.29, 1.82) is 0 Å². The fourth-order valence-electron chi connectivity index (χ4n) is 2.52. The summed E-state index contributed by atoms with van der Waals surface area (Å²) in [6.45, 7) is 2.16. The smallest absolute Gasteiger partial charge is 0.118 e. The third-order valence-corrected chi connectivity index (χ3v) is 3.52. The van der Waals surface area contributed by atoms with Gasteiger partial charge < -0.3 is 4.74 Å². The molecule has 0 aliphatic carbocycles. The molecule has 1 heteroatoms. The fourth-order valence-corrected chi connectivity index (χ4v) is 2.52. The Kier molecular flexibility index (Phi) is 2.96. The first kappa shape index (κ1) is 11.8. The summed E-state index contributed by atoms with van der Waals surface area (Å²) in [5, 5.41) is 2.58. The van der Waals surface area contributed by atoms with Crippen LogP contribution in [-0.2, 0) is 0 Å². The standard InChI is InChI=1S/C18H16O/c1-13-7-8-14-5-3-4-6-17(14)18(13)15-9-11-16(19-2)12-10-15/h3-12H,1-2H3. The van der Waals surface area contributed by atoms with E-state index < -0.39 is 0 Å². The molecule has 0 aliphatic rings. The van der Waals surface area contributed by atoms with Gasteiger partial charge in [-0.1, -0.05) is 48.5 Å². The second-order valence-electron chi connectivity index (χ2n) is 4.71. The Labute approximate surface area is 113 Å². The molecule has 0 amide bonds. The summed E-state index contributed by atoms with van der Waals surface area (Å²) in [7, 11) is 1.69. The van der Waals surface area contributed by atoms with Gasteiger partial charge in [0, 0.05) is 0 Å². The normalized spacial score (nSPS) is 10.6. The molecular weight excluding hydrogens is 232 g/mol. The number of fused-ring (bicyclic) bond motifs is 1. The van der Waals surface area contributed by atoms with Crippen LogP contribution in [0.1, 0.15) is 5.56 Å². The predicted molar refractivity (Wildman–Crippen MR) is 80.7 cm³/mol. The van der Waals surface area contributed by atoms with E-state index in [1.165, 1.54) is 27.5 Å². The number of hydrogen-bond donors (Lipinski definition) is 0. The zero-order chi connectivity index (χ0) is 13.2. The van der Waals surface area contributed by atoms with Crippen LogP contribution in [0.15, 0.2) is 60.7 Å². The zero-order valence-corrected chi connectivity index (χ0v) is 11.2. The summed E-state index contributed by atoms with van der Waals surface area (Å²) in [5.41, 5.74) is 3.83. The molecule has 0 atom stereocenters. The Morgan fingerprint density at radius 3 is 2.26 bits per heavy atom. The second kappa shape index (κ2) is 4.77. The number of benzene rings is 3. The summed E-state index contributed by atoms with van der Waals surface area (Å²) in [6.07, 6.45) is 0. The highest BCUT2D eigenvalue weighted by atomic mass is 16.5. The largest absolute Gasteiger partial charge is 0.497 e. The maximum Gasteiger partial charge on any atom is 0.118 e. The molecule has 0 aromatic heterocycles. The van der Waals surface area contributed by atoms with E-state index in [1.807, 2.05) is 12.1 Å². The third kappa shape index (κ3) is 2.08. The molecule has 0 heterocycles. The van der Waals surface area contributed by atoms with E-state index in [1.54, 1.807) is 7.11 Å². The van der Waals surface area contributed by atoms with Crippen molar-refractivity contribution in [2.45, 2.75) is 6.92 Å². The molecule has 0 aliphatic heterocycles. The van der Waals surface area contributed by atoms with Crippen molar-refractivity contribution in [3.05, 3.63) is 66.2 Å². The van der Waals surface area contributed by atoms with Gasteiger partial charge in [0.05, 0.1) is 7.11 Å². The van der Waals surface area contributed by atoms with Crippen LogP contribution < -0.4 is 4.74 Å². The first-order valence-corrected chi connectivity index (χ1v) is 6.42. The molecular formula is C18H16O. The number of methoxy groups -OCH3 is 1. The van der Waals surface area contributed by atoms with E-state index in [2.05, 4.69) is 55.5 Å². The molecule has 0 spiro atoms. The van der Waals surface area contributed by atoms with Crippen molar-refractivity contribution in [2.24, 2.45) is 0 Å². The lowest BCUT2D eigenvalue weighted by Gasteiger charge is -2.11. The molecule has 0 unspecified atom stereocenters. The Morgan fingerprint density at radius 1 is 0.789 bits per heavy atom. The number of hydrogen-bond acceptors (Lipinski definition) is 1. The quantitative estimate of drug-likeness (QED) is 0.631. The monoisotopic (exact) mass is 248 g/mol. The highest BCUT2D eigenvalue weighted by molar-refractivity contribution is 5.98. The maximum absolute atomic E-state index is 5.22. The Balaban J connectivity index is 2.25. The predicted octanol–water partition coefficient (Wildman–Crippen LogP) is 4.82. The van der Waals surface area contributed by atoms with E-state index in [0.717, 1.165) is 5.75 Å². The van der Waals surface area contributed by atoms with Crippen LogP contribution in [0.5, 0.6) is 5.75 Å². The summed E-state index contributed by atoms with van der Waals surface area (Å²) < 4.78 is 5.22. The third-order valence-electron chi connectivity index (χ3n) is 3.52. The van der Waals surface area contributed by atoms with E-state index in [-0.39, 0.29) is 0 Å². The molecule has 1 nitrogen and oxygen atoms in total. The molecule has 0 N–H and O–H groups in total. The average molecular weight is 248 g/mol. The van der Waals surface area contributed by atoms with Crippen LogP contribution in [0.2, 0.25) is 0 Å². The van der Waals surface area contributed by atoms with Gasteiger partial charge in [0.25, 0.3) is 0 Å². The minimum atomic E-state index is 0.890. The Bertz CT molecular complexity index is 711. The summed E-state index contributed by atoms with van der Waals surface area (Å²) in [5.74, 6) is 0.890. The van der Waals surface area contributed by atoms with Gasteiger partial charge in [-0.05, 0) is 46.5 Å². The lowest BCUT2D eigenvalue weighted by Crippen LogP contribution is -1.87. The molecule has 0 saturated carbocycles. The summed E-state index contributed by atoms with van der Waals surface area (Å²) in [4.78, 5) is 0. The van der Waals surface area contributed by atoms with E-state index in [4.69, 9.17) is 4.74 Å². The van der Waals surface area contributed by atoms with Crippen LogP contribution in [0.25, 0.3) is 21.9 Å². The van der Waals surface area contributed by atoms with Crippen molar-refractivity contribution in [3.8, 4) is 16.9 Å². The highest BCUT2D eigenvalue weighted by Crippen LogP contribution is 2.32. The lowest BCUT2D eigenvalue weighted by atomic mass is 9.94. The van der Waals surface area contributed by atoms with Crippen LogP contribution >= 0.6 is 0 Å². The molecule has 0 fully saturated rings. The van der Waals surface area contributed by atoms with Gasteiger partial charge in [-0.2, -0.15) is 0 Å². The van der Waals surface area contributed by atoms with Crippen LogP contribution in [-0.4, -0.2) is 7.11 Å². The Hall–Kier alpha value is -2.28. The molecule has 3 aromatic rings. The number of aryl methyl sites for hydroxylation is 1. The SMILES string of the molecule is COc1ccc(-c2c(C)ccc3ccccc23)cc1. The topological polar surface area (TPSA) is 9.23 Å². The first-order valence-electron chi connectivity index (χ1n) is 6.42. The maximum atomic E-state index is 5.22. The molecule has 94 valence electrons. The van der Waals surface area contributed by atoms with Gasteiger partial charge in [-0.15, -0.1) is 0 Å². The van der Waals surface area contributed by atoms with Crippen molar-refractivity contribution in [1.82, 2.24) is 0 Å². The highest BCUT2D eigenvalue weighted by Gasteiger charge is 2.07. The van der Waals surface area contributed by atoms with Gasteiger partial charge >= 0.3 is 0 Å². The van der Waals surface area contributed by atoms with Crippen LogP contribution in [0, 0.1) is 6.92 Å². The van der Waals surface area contributed by atoms with E-state index in [9.17, 15) is 0 Å². The van der Waals surface area contributed by atoms with Gasteiger partial charge in [0.15, 0.2) is 0 Å². The summed E-state index contributed by atoms with van der Waals surface area (Å²) >= 11 is 0. The van der Waals surface area contributed by atoms with Crippen LogP contribution in [0.4, 0.5) is 0 Å². The van der Waals surface area contributed by atoms with Crippen molar-refractivity contribution >= 4 is 10.8 Å². The molecule has 0 bridgehead atoms. The Morgan fingerprint density at radius 2 is 1.53 bits per heavy atom. The van der Waals surface area contributed by atoms with Crippen molar-refractivity contribution in [2.75, 3.05) is 7.11 Å². The van der Waals surface area contributed by atoms with E-state index >= 15 is 0 Å². The summed E-state index contributed by atoms with van der Waals surface area (Å²) in [6, 6.07) is 21.1. The molecule has 3 aromatic carbocycles. The molecule has 0 radical (unpaired) electrons. The molecule has 19 heavy (non-hydrogen) atoms. The second-order valence-corrected chi connectivity index (χ2v) is 4.71. The fraction of sp³-hybridized carbons (Fsp3) is 0.111. The van der Waals surface area contributed by atoms with Gasteiger partial charge in [-0.25, -0.2) is 0 Å². The number of rotatable bonds is 2. The van der Waals surface area contributed by atoms with Gasteiger partial charge in [-0.3, -0.25) is 0 Å². The minimum absolute atomic E-state index is 0.890. The molecule has 3 rings (SSSR count). The number of ether oxygens (including phenoxy) is 1. The zero-order valence-electron chi connectivity index (χ0n) is 11.2. The van der Waals surface area contributed by atoms with Gasteiger partial charge in [0.1, 0.15) is 5.75 Å². The first-order chi connectivity index (χ1) is 9.29. The minimum Gasteiger partial charge on any atom is -0.497 e. The average Bonchev–Trinajstić information content (AvgIpc) is 2.47. The van der Waals surface area contributed by atoms with Crippen molar-refractivity contribution in [3.63, 3.8) is 0 Å². The molecule has 0 saturated heterocycles. The van der Waals surface area contributed by atoms with Gasteiger partial charge in [0.2, 0.25) is 0 Å². The lowest BCUT2D eigenvalue weighted by molar-refractivity contribution is 0.415. The van der Waals surface area contributed by atoms with Crippen LogP contribution in [0.3, 0.4) is 0 Å². The van der Waals surface area contributed by atoms with E-state index in [0.29, 0.717) is 0 Å². The van der Waals surface area contributed by atoms with Crippen molar-refractivity contribution < 1.29 is 4.74 Å².